The third kappa shape index (κ3) is 3.66. The summed E-state index contributed by atoms with van der Waals surface area (Å²) in [6.45, 7) is 5.31. The van der Waals surface area contributed by atoms with Gasteiger partial charge in [-0.05, 0) is 32.9 Å². The van der Waals surface area contributed by atoms with Crippen molar-refractivity contribution >= 4 is 5.82 Å². The van der Waals surface area contributed by atoms with E-state index in [4.69, 9.17) is 4.52 Å². The second-order valence-corrected chi connectivity index (χ2v) is 5.78. The molecule has 1 N–H and O–H groups in total. The molecular formula is C17H16F3N5O. The minimum absolute atomic E-state index is 0.0421. The predicted molar refractivity (Wildman–Crippen MR) is 88.3 cm³/mol. The Morgan fingerprint density at radius 2 is 1.92 bits per heavy atom. The van der Waals surface area contributed by atoms with Crippen molar-refractivity contribution in [1.82, 2.24) is 20.1 Å². The van der Waals surface area contributed by atoms with Gasteiger partial charge < -0.3 is 9.84 Å². The molecule has 0 radical (unpaired) electrons. The van der Waals surface area contributed by atoms with Gasteiger partial charge in [0.1, 0.15) is 17.3 Å². The van der Waals surface area contributed by atoms with Gasteiger partial charge in [-0.2, -0.15) is 13.2 Å². The highest BCUT2D eigenvalue weighted by Gasteiger charge is 2.34. The fraction of sp³-hybridized carbons (Fsp3) is 0.294. The van der Waals surface area contributed by atoms with E-state index in [0.717, 1.165) is 11.6 Å². The average molecular weight is 363 g/mol. The molecule has 3 heterocycles. The van der Waals surface area contributed by atoms with E-state index in [1.807, 2.05) is 0 Å². The SMILES string of the molecule is Cc1noc(C)c1C(C)Nc1cc(C(F)(F)F)nc(-c2ccccn2)n1. The van der Waals surface area contributed by atoms with Gasteiger partial charge in [-0.1, -0.05) is 11.2 Å². The van der Waals surface area contributed by atoms with E-state index in [2.05, 4.69) is 25.4 Å². The van der Waals surface area contributed by atoms with E-state index in [0.29, 0.717) is 11.5 Å². The fourth-order valence-electron chi connectivity index (χ4n) is 2.68. The molecule has 3 rings (SSSR count). The second kappa shape index (κ2) is 6.74. The van der Waals surface area contributed by atoms with Crippen LogP contribution in [0.25, 0.3) is 11.5 Å². The van der Waals surface area contributed by atoms with Crippen molar-refractivity contribution < 1.29 is 17.7 Å². The predicted octanol–water partition coefficient (Wildman–Crippen LogP) is 4.34. The number of anilines is 1. The van der Waals surface area contributed by atoms with E-state index < -0.39 is 11.9 Å². The van der Waals surface area contributed by atoms with Crippen LogP contribution >= 0.6 is 0 Å². The van der Waals surface area contributed by atoms with Crippen LogP contribution in [0.1, 0.15) is 35.7 Å². The highest BCUT2D eigenvalue weighted by molar-refractivity contribution is 5.53. The normalized spacial score (nSPS) is 12.8. The van der Waals surface area contributed by atoms with Gasteiger partial charge in [0.25, 0.3) is 0 Å². The molecule has 0 aliphatic rings. The Morgan fingerprint density at radius 3 is 2.50 bits per heavy atom. The Hall–Kier alpha value is -2.97. The summed E-state index contributed by atoms with van der Waals surface area (Å²) in [6.07, 6.45) is -3.13. The standard InChI is InChI=1S/C17H16F3N5O/c1-9(15-10(2)25-26-11(15)3)22-14-8-13(17(18,19)20)23-16(24-14)12-6-4-5-7-21-12/h4-9H,1-3H3,(H,22,23,24). The zero-order valence-corrected chi connectivity index (χ0v) is 14.3. The van der Waals surface area contributed by atoms with Crippen LogP contribution in [0.15, 0.2) is 35.0 Å². The van der Waals surface area contributed by atoms with Gasteiger partial charge in [0.15, 0.2) is 11.5 Å². The Kier molecular flexibility index (Phi) is 4.62. The monoisotopic (exact) mass is 363 g/mol. The van der Waals surface area contributed by atoms with Gasteiger partial charge in [-0.15, -0.1) is 0 Å². The van der Waals surface area contributed by atoms with Gasteiger partial charge >= 0.3 is 6.18 Å². The third-order valence-electron chi connectivity index (χ3n) is 3.80. The van der Waals surface area contributed by atoms with Crippen molar-refractivity contribution in [1.29, 1.82) is 0 Å². The van der Waals surface area contributed by atoms with Gasteiger partial charge in [0.2, 0.25) is 0 Å². The zero-order valence-electron chi connectivity index (χ0n) is 14.3. The minimum Gasteiger partial charge on any atom is -0.363 e. The Morgan fingerprint density at radius 1 is 1.15 bits per heavy atom. The summed E-state index contributed by atoms with van der Waals surface area (Å²) in [5.41, 5.74) is 0.655. The van der Waals surface area contributed by atoms with E-state index >= 15 is 0 Å². The average Bonchev–Trinajstić information content (AvgIpc) is 2.93. The molecule has 6 nitrogen and oxygen atoms in total. The first-order valence-corrected chi connectivity index (χ1v) is 7.82. The molecule has 0 saturated carbocycles. The number of hydrogen-bond acceptors (Lipinski definition) is 6. The topological polar surface area (TPSA) is 76.7 Å². The van der Waals surface area contributed by atoms with Crippen LogP contribution in [-0.4, -0.2) is 20.1 Å². The van der Waals surface area contributed by atoms with Crippen LogP contribution in [0.4, 0.5) is 19.0 Å². The molecule has 0 bridgehead atoms. The highest BCUT2D eigenvalue weighted by Crippen LogP contribution is 2.32. The smallest absolute Gasteiger partial charge is 0.363 e. The van der Waals surface area contributed by atoms with Gasteiger partial charge in [-0.25, -0.2) is 9.97 Å². The number of nitrogens with zero attached hydrogens (tertiary/aromatic N) is 4. The van der Waals surface area contributed by atoms with Crippen LogP contribution in [0.3, 0.4) is 0 Å². The summed E-state index contributed by atoms with van der Waals surface area (Å²) >= 11 is 0. The van der Waals surface area contributed by atoms with E-state index in [1.54, 1.807) is 39.0 Å². The number of aromatic nitrogens is 4. The van der Waals surface area contributed by atoms with Crippen molar-refractivity contribution in [2.24, 2.45) is 0 Å². The quantitative estimate of drug-likeness (QED) is 0.743. The molecule has 0 aromatic carbocycles. The number of pyridine rings is 1. The lowest BCUT2D eigenvalue weighted by Gasteiger charge is -2.16. The van der Waals surface area contributed by atoms with Gasteiger partial charge in [0.05, 0.1) is 11.7 Å². The molecule has 0 fully saturated rings. The fourth-order valence-corrected chi connectivity index (χ4v) is 2.68. The van der Waals surface area contributed by atoms with E-state index in [-0.39, 0.29) is 23.4 Å². The van der Waals surface area contributed by atoms with Crippen LogP contribution < -0.4 is 5.32 Å². The molecule has 0 aliphatic heterocycles. The zero-order chi connectivity index (χ0) is 18.9. The lowest BCUT2D eigenvalue weighted by atomic mass is 10.1. The number of hydrogen-bond donors (Lipinski definition) is 1. The summed E-state index contributed by atoms with van der Waals surface area (Å²) in [4.78, 5) is 11.8. The van der Waals surface area contributed by atoms with Crippen molar-refractivity contribution in [2.45, 2.75) is 33.0 Å². The first-order chi connectivity index (χ1) is 12.3. The summed E-state index contributed by atoms with van der Waals surface area (Å²) in [6, 6.07) is 5.40. The van der Waals surface area contributed by atoms with Crippen LogP contribution in [0, 0.1) is 13.8 Å². The summed E-state index contributed by atoms with van der Waals surface area (Å²) < 4.78 is 44.8. The maximum atomic E-state index is 13.2. The molecule has 0 amide bonds. The first kappa shape index (κ1) is 17.8. The van der Waals surface area contributed by atoms with Crippen LogP contribution in [0.5, 0.6) is 0 Å². The van der Waals surface area contributed by atoms with Crippen LogP contribution in [-0.2, 0) is 6.18 Å². The Labute approximate surface area is 147 Å². The summed E-state index contributed by atoms with van der Waals surface area (Å²) in [5, 5.41) is 6.83. The molecule has 0 saturated heterocycles. The molecule has 3 aromatic rings. The molecule has 136 valence electrons. The molecule has 1 unspecified atom stereocenters. The van der Waals surface area contributed by atoms with Crippen molar-refractivity contribution in [2.75, 3.05) is 5.32 Å². The summed E-state index contributed by atoms with van der Waals surface area (Å²) in [5.74, 6) is 0.534. The Balaban J connectivity index is 2.01. The second-order valence-electron chi connectivity index (χ2n) is 5.78. The van der Waals surface area contributed by atoms with Crippen molar-refractivity contribution in [3.05, 3.63) is 53.2 Å². The van der Waals surface area contributed by atoms with E-state index in [1.165, 1.54) is 6.20 Å². The maximum absolute atomic E-state index is 13.2. The number of nitrogens with one attached hydrogen (secondary N) is 1. The molecule has 1 atom stereocenters. The molecule has 3 aromatic heterocycles. The maximum Gasteiger partial charge on any atom is 0.433 e. The molecule has 0 aliphatic carbocycles. The molecule has 26 heavy (non-hydrogen) atoms. The van der Waals surface area contributed by atoms with E-state index in [9.17, 15) is 13.2 Å². The van der Waals surface area contributed by atoms with Crippen molar-refractivity contribution in [3.63, 3.8) is 0 Å². The number of rotatable bonds is 4. The highest BCUT2D eigenvalue weighted by atomic mass is 19.4. The lowest BCUT2D eigenvalue weighted by Crippen LogP contribution is -2.14. The molecule has 9 heteroatoms. The Bertz CT molecular complexity index is 889. The van der Waals surface area contributed by atoms with Gasteiger partial charge in [-0.3, -0.25) is 4.98 Å². The first-order valence-electron chi connectivity index (χ1n) is 7.82. The lowest BCUT2D eigenvalue weighted by molar-refractivity contribution is -0.141. The van der Waals surface area contributed by atoms with Crippen molar-refractivity contribution in [3.8, 4) is 11.5 Å². The summed E-state index contributed by atoms with van der Waals surface area (Å²) in [7, 11) is 0. The minimum atomic E-state index is -4.60. The largest absolute Gasteiger partial charge is 0.433 e. The number of aryl methyl sites for hydroxylation is 2. The van der Waals surface area contributed by atoms with Gasteiger partial charge in [0, 0.05) is 17.8 Å². The molecular weight excluding hydrogens is 347 g/mol. The van der Waals surface area contributed by atoms with Crippen LogP contribution in [0.2, 0.25) is 0 Å². The number of halogens is 3. The molecule has 0 spiro atoms. The third-order valence-corrected chi connectivity index (χ3v) is 3.80. The number of alkyl halides is 3.